The summed E-state index contributed by atoms with van der Waals surface area (Å²) in [5, 5.41) is 8.85. The number of rotatable bonds is 6. The van der Waals surface area contributed by atoms with E-state index in [9.17, 15) is 14.7 Å². The number of pyridine rings is 1. The number of ether oxygens (including phenoxy) is 1. The van der Waals surface area contributed by atoms with Gasteiger partial charge in [-0.15, -0.1) is 0 Å². The van der Waals surface area contributed by atoms with Gasteiger partial charge in [-0.2, -0.15) is 0 Å². The van der Waals surface area contributed by atoms with Gasteiger partial charge < -0.3 is 9.84 Å². The van der Waals surface area contributed by atoms with Crippen molar-refractivity contribution in [3.8, 4) is 0 Å². The van der Waals surface area contributed by atoms with Crippen molar-refractivity contribution in [1.29, 1.82) is 0 Å². The summed E-state index contributed by atoms with van der Waals surface area (Å²) < 4.78 is 5.10. The van der Waals surface area contributed by atoms with E-state index in [4.69, 9.17) is 4.74 Å². The van der Waals surface area contributed by atoms with E-state index in [0.29, 0.717) is 0 Å². The molecule has 1 N–H and O–H groups in total. The van der Waals surface area contributed by atoms with Crippen molar-refractivity contribution >= 4 is 23.7 Å². The van der Waals surface area contributed by atoms with Crippen LogP contribution in [0.3, 0.4) is 0 Å². The molecule has 0 spiro atoms. The predicted molar refractivity (Wildman–Crippen MR) is 82.9 cm³/mol. The van der Waals surface area contributed by atoms with Crippen LogP contribution in [0.1, 0.15) is 28.1 Å². The highest BCUT2D eigenvalue weighted by atomic mass is 32.2. The molecular formula is C16H15NO4S. The second-order valence-corrected chi connectivity index (χ2v) is 5.42. The Morgan fingerprint density at radius 1 is 1.23 bits per heavy atom. The Bertz CT molecular complexity index is 660. The topological polar surface area (TPSA) is 76.5 Å². The summed E-state index contributed by atoms with van der Waals surface area (Å²) in [5.74, 6) is -1.49. The summed E-state index contributed by atoms with van der Waals surface area (Å²) in [4.78, 5) is 27.6. The van der Waals surface area contributed by atoms with E-state index in [1.54, 1.807) is 25.1 Å². The predicted octanol–water partition coefficient (Wildman–Crippen LogP) is 3.18. The number of thioether (sulfide) groups is 1. The van der Waals surface area contributed by atoms with Crippen LogP contribution >= 0.6 is 11.8 Å². The maximum Gasteiger partial charge on any atom is 0.338 e. The first-order valence-corrected chi connectivity index (χ1v) is 7.58. The van der Waals surface area contributed by atoms with Gasteiger partial charge in [-0.05, 0) is 24.6 Å². The largest absolute Gasteiger partial charge is 0.478 e. The van der Waals surface area contributed by atoms with Crippen molar-refractivity contribution in [3.63, 3.8) is 0 Å². The summed E-state index contributed by atoms with van der Waals surface area (Å²) in [6.07, 6.45) is 1.50. The summed E-state index contributed by atoms with van der Waals surface area (Å²) in [7, 11) is 0. The lowest BCUT2D eigenvalue weighted by atomic mass is 10.1. The van der Waals surface area contributed by atoms with Crippen molar-refractivity contribution in [3.05, 3.63) is 59.8 Å². The zero-order valence-electron chi connectivity index (χ0n) is 11.9. The fourth-order valence-corrected chi connectivity index (χ4v) is 2.94. The molecule has 5 nitrogen and oxygen atoms in total. The SMILES string of the molecule is CCOC(=O)[C@@H](Sc1ncccc1C(=O)O)c1ccccc1. The van der Waals surface area contributed by atoms with Crippen molar-refractivity contribution in [2.24, 2.45) is 0 Å². The highest BCUT2D eigenvalue weighted by Crippen LogP contribution is 2.36. The van der Waals surface area contributed by atoms with E-state index in [-0.39, 0.29) is 17.2 Å². The van der Waals surface area contributed by atoms with Crippen molar-refractivity contribution in [1.82, 2.24) is 4.98 Å². The molecule has 0 aliphatic rings. The number of benzene rings is 1. The maximum atomic E-state index is 12.2. The number of carbonyl (C=O) groups excluding carboxylic acids is 1. The van der Waals surface area contributed by atoms with Gasteiger partial charge in [0.25, 0.3) is 0 Å². The molecule has 0 fully saturated rings. The van der Waals surface area contributed by atoms with Crippen LogP contribution in [0.2, 0.25) is 0 Å². The highest BCUT2D eigenvalue weighted by molar-refractivity contribution is 8.00. The molecule has 114 valence electrons. The molecule has 1 heterocycles. The highest BCUT2D eigenvalue weighted by Gasteiger charge is 2.26. The monoisotopic (exact) mass is 317 g/mol. The van der Waals surface area contributed by atoms with E-state index < -0.39 is 17.2 Å². The van der Waals surface area contributed by atoms with Gasteiger partial charge in [-0.3, -0.25) is 4.79 Å². The molecular weight excluding hydrogens is 302 g/mol. The molecule has 1 aromatic carbocycles. The number of aromatic carboxylic acids is 1. The number of hydrogen-bond donors (Lipinski definition) is 1. The molecule has 0 aliphatic heterocycles. The number of nitrogens with zero attached hydrogens (tertiary/aromatic N) is 1. The molecule has 2 aromatic rings. The zero-order chi connectivity index (χ0) is 15.9. The fourth-order valence-electron chi connectivity index (χ4n) is 1.86. The Kier molecular flexibility index (Phi) is 5.55. The summed E-state index contributed by atoms with van der Waals surface area (Å²) >= 11 is 1.08. The Balaban J connectivity index is 2.35. The average Bonchev–Trinajstić information content (AvgIpc) is 2.53. The molecule has 0 saturated carbocycles. The van der Waals surface area contributed by atoms with Crippen LogP contribution in [-0.2, 0) is 9.53 Å². The normalized spacial score (nSPS) is 11.7. The maximum absolute atomic E-state index is 12.2. The number of esters is 1. The third-order valence-corrected chi connectivity index (χ3v) is 4.08. The molecule has 0 amide bonds. The molecule has 0 unspecified atom stereocenters. The lowest BCUT2D eigenvalue weighted by Crippen LogP contribution is -2.14. The van der Waals surface area contributed by atoms with Gasteiger partial charge in [0.15, 0.2) is 0 Å². The van der Waals surface area contributed by atoms with E-state index in [0.717, 1.165) is 17.3 Å². The second-order valence-electron chi connectivity index (χ2n) is 4.32. The molecule has 0 bridgehead atoms. The van der Waals surface area contributed by atoms with Crippen molar-refractivity contribution in [2.45, 2.75) is 17.2 Å². The molecule has 2 rings (SSSR count). The quantitative estimate of drug-likeness (QED) is 0.651. The van der Waals surface area contributed by atoms with Gasteiger partial charge in [-0.25, -0.2) is 9.78 Å². The lowest BCUT2D eigenvalue weighted by molar-refractivity contribution is -0.142. The minimum atomic E-state index is -1.08. The fraction of sp³-hybridized carbons (Fsp3) is 0.188. The third kappa shape index (κ3) is 3.85. The Morgan fingerprint density at radius 3 is 2.59 bits per heavy atom. The first kappa shape index (κ1) is 16.0. The van der Waals surface area contributed by atoms with Crippen molar-refractivity contribution in [2.75, 3.05) is 6.61 Å². The number of carbonyl (C=O) groups is 2. The Labute approximate surface area is 132 Å². The lowest BCUT2D eigenvalue weighted by Gasteiger charge is -2.16. The summed E-state index contributed by atoms with van der Waals surface area (Å²) in [5.41, 5.74) is 0.811. The van der Waals surface area contributed by atoms with Crippen molar-refractivity contribution < 1.29 is 19.4 Å². The summed E-state index contributed by atoms with van der Waals surface area (Å²) in [6, 6.07) is 12.1. The van der Waals surface area contributed by atoms with Crippen LogP contribution in [0.4, 0.5) is 0 Å². The minimum Gasteiger partial charge on any atom is -0.478 e. The number of carboxylic acid groups (broad SMARTS) is 1. The molecule has 1 aromatic heterocycles. The van der Waals surface area contributed by atoms with Gasteiger partial charge in [0.05, 0.1) is 12.2 Å². The number of hydrogen-bond acceptors (Lipinski definition) is 5. The zero-order valence-corrected chi connectivity index (χ0v) is 12.7. The van der Waals surface area contributed by atoms with E-state index >= 15 is 0 Å². The van der Waals surface area contributed by atoms with Crippen LogP contribution in [0, 0.1) is 0 Å². The number of aromatic nitrogens is 1. The standard InChI is InChI=1S/C16H15NO4S/c1-2-21-16(20)13(11-7-4-3-5-8-11)22-14-12(15(18)19)9-6-10-17-14/h3-10,13H,2H2,1H3,(H,18,19)/t13-/m0/s1. The molecule has 0 aliphatic carbocycles. The molecule has 6 heteroatoms. The van der Waals surface area contributed by atoms with Crippen LogP contribution in [-0.4, -0.2) is 28.6 Å². The van der Waals surface area contributed by atoms with Gasteiger partial charge in [0.2, 0.25) is 0 Å². The molecule has 22 heavy (non-hydrogen) atoms. The van der Waals surface area contributed by atoms with Gasteiger partial charge >= 0.3 is 11.9 Å². The number of carboxylic acids is 1. The smallest absolute Gasteiger partial charge is 0.338 e. The van der Waals surface area contributed by atoms with Gasteiger partial charge in [0.1, 0.15) is 10.3 Å². The van der Waals surface area contributed by atoms with Crippen LogP contribution in [0.5, 0.6) is 0 Å². The minimum absolute atomic E-state index is 0.0673. The van der Waals surface area contributed by atoms with E-state index in [2.05, 4.69) is 4.98 Å². The second kappa shape index (κ2) is 7.61. The van der Waals surface area contributed by atoms with Gasteiger partial charge in [-0.1, -0.05) is 42.1 Å². The first-order chi connectivity index (χ1) is 10.6. The van der Waals surface area contributed by atoms with Gasteiger partial charge in [0, 0.05) is 6.20 Å². The van der Waals surface area contributed by atoms with Crippen LogP contribution < -0.4 is 0 Å². The van der Waals surface area contributed by atoms with E-state index in [1.165, 1.54) is 12.3 Å². The average molecular weight is 317 g/mol. The Hall–Kier alpha value is -2.34. The summed E-state index contributed by atoms with van der Waals surface area (Å²) in [6.45, 7) is 1.99. The van der Waals surface area contributed by atoms with Crippen LogP contribution in [0.15, 0.2) is 53.7 Å². The molecule has 1 atom stereocenters. The first-order valence-electron chi connectivity index (χ1n) is 6.70. The third-order valence-electron chi connectivity index (χ3n) is 2.83. The Morgan fingerprint density at radius 2 is 1.95 bits per heavy atom. The van der Waals surface area contributed by atoms with Crippen LogP contribution in [0.25, 0.3) is 0 Å². The molecule has 0 saturated heterocycles. The molecule has 0 radical (unpaired) electrons. The van der Waals surface area contributed by atoms with E-state index in [1.807, 2.05) is 18.2 Å².